The molecule has 0 saturated carbocycles. The molecule has 13 heteroatoms. The van der Waals surface area contributed by atoms with Crippen LogP contribution in [0.25, 0.3) is 11.0 Å². The van der Waals surface area contributed by atoms with Crippen LogP contribution in [0.1, 0.15) is 60.7 Å². The number of carbonyl (C=O) groups excluding carboxylic acids is 2. The maximum Gasteiger partial charge on any atom is 0.416 e. The Morgan fingerprint density at radius 1 is 0.930 bits per heavy atom. The van der Waals surface area contributed by atoms with E-state index in [0.717, 1.165) is 18.2 Å². The number of halogens is 3. The monoisotopic (exact) mass is 592 g/mol. The number of ketones is 1. The highest BCUT2D eigenvalue weighted by atomic mass is 19.4. The van der Waals surface area contributed by atoms with Crippen molar-refractivity contribution >= 4 is 46.2 Å². The number of hydrogen-bond donors (Lipinski definition) is 3. The summed E-state index contributed by atoms with van der Waals surface area (Å²) in [6.07, 6.45) is -3.69. The number of nitrogens with zero attached hydrogens (tertiary/aromatic N) is 3. The number of aromatic carboxylic acids is 1. The quantitative estimate of drug-likeness (QED) is 0.242. The number of alkyl halides is 3. The van der Waals surface area contributed by atoms with Crippen LogP contribution in [-0.2, 0) is 11.0 Å². The van der Waals surface area contributed by atoms with Gasteiger partial charge in [-0.3, -0.25) is 9.59 Å². The van der Waals surface area contributed by atoms with E-state index in [1.807, 2.05) is 0 Å². The van der Waals surface area contributed by atoms with Crippen molar-refractivity contribution in [3.05, 3.63) is 94.2 Å². The summed E-state index contributed by atoms with van der Waals surface area (Å²) in [7, 11) is 0. The molecule has 1 aliphatic rings. The molecule has 4 aromatic rings. The van der Waals surface area contributed by atoms with Gasteiger partial charge >= 0.3 is 18.1 Å². The van der Waals surface area contributed by atoms with Gasteiger partial charge < -0.3 is 20.4 Å². The fourth-order valence-electron chi connectivity index (χ4n) is 4.96. The molecule has 0 aliphatic carbocycles. The van der Waals surface area contributed by atoms with Crippen molar-refractivity contribution in [3.63, 3.8) is 0 Å². The topological polar surface area (TPSA) is 150 Å². The molecule has 0 spiro atoms. The molecule has 3 aromatic carbocycles. The minimum absolute atomic E-state index is 0.0401. The summed E-state index contributed by atoms with van der Waals surface area (Å²) in [6.45, 7) is 1.92. The van der Waals surface area contributed by atoms with E-state index >= 15 is 0 Å². The number of carboxylic acids is 2. The van der Waals surface area contributed by atoms with Gasteiger partial charge in [0.25, 0.3) is 5.91 Å². The minimum Gasteiger partial charge on any atom is -0.480 e. The number of anilines is 2. The fourth-order valence-corrected chi connectivity index (χ4v) is 4.96. The Kier molecular flexibility index (Phi) is 7.57. The van der Waals surface area contributed by atoms with E-state index in [-0.39, 0.29) is 39.2 Å². The van der Waals surface area contributed by atoms with Gasteiger partial charge in [0.2, 0.25) is 0 Å². The number of aliphatic carboxylic acids is 1. The van der Waals surface area contributed by atoms with Crippen LogP contribution < -0.4 is 5.32 Å². The van der Waals surface area contributed by atoms with E-state index in [1.54, 1.807) is 19.1 Å². The maximum absolute atomic E-state index is 13.4. The van der Waals surface area contributed by atoms with Crippen LogP contribution >= 0.6 is 0 Å². The molecular weight excluding hydrogens is 569 g/mol. The molecule has 0 bridgehead atoms. The lowest BCUT2D eigenvalue weighted by atomic mass is 9.97. The molecule has 3 N–H and O–H groups in total. The van der Waals surface area contributed by atoms with Crippen molar-refractivity contribution < 1.29 is 42.6 Å². The van der Waals surface area contributed by atoms with E-state index < -0.39 is 47.1 Å². The van der Waals surface area contributed by atoms with Gasteiger partial charge in [0.15, 0.2) is 17.3 Å². The molecule has 2 heterocycles. The number of rotatable bonds is 7. The van der Waals surface area contributed by atoms with Crippen LogP contribution in [0.5, 0.6) is 0 Å². The lowest BCUT2D eigenvalue weighted by Crippen LogP contribution is -2.40. The second-order valence-corrected chi connectivity index (χ2v) is 9.93. The smallest absolute Gasteiger partial charge is 0.416 e. The summed E-state index contributed by atoms with van der Waals surface area (Å²) in [5, 5.41) is 21.9. The molecule has 43 heavy (non-hydrogen) atoms. The zero-order chi connectivity index (χ0) is 31.1. The van der Waals surface area contributed by atoms with Crippen molar-refractivity contribution in [3.8, 4) is 0 Å². The molecule has 0 radical (unpaired) electrons. The Morgan fingerprint density at radius 3 is 2.28 bits per heavy atom. The average molecular weight is 593 g/mol. The van der Waals surface area contributed by atoms with Gasteiger partial charge in [-0.05, 0) is 61.7 Å². The van der Waals surface area contributed by atoms with E-state index in [1.165, 1.54) is 35.2 Å². The van der Waals surface area contributed by atoms with Gasteiger partial charge in [-0.15, -0.1) is 0 Å². The third kappa shape index (κ3) is 5.73. The Balaban J connectivity index is 1.43. The van der Waals surface area contributed by atoms with Crippen LogP contribution in [0.3, 0.4) is 0 Å². The number of carbonyl (C=O) groups is 4. The number of carboxylic acid groups (broad SMARTS) is 2. The van der Waals surface area contributed by atoms with Gasteiger partial charge in [-0.25, -0.2) is 19.6 Å². The Bertz CT molecular complexity index is 1790. The van der Waals surface area contributed by atoms with Crippen molar-refractivity contribution in [2.24, 2.45) is 0 Å². The van der Waals surface area contributed by atoms with E-state index in [2.05, 4.69) is 15.3 Å². The minimum atomic E-state index is -4.64. The summed E-state index contributed by atoms with van der Waals surface area (Å²) in [5.41, 5.74) is -0.322. The third-order valence-corrected chi connectivity index (χ3v) is 7.22. The lowest BCUT2D eigenvalue weighted by Gasteiger charge is -2.21. The Morgan fingerprint density at radius 2 is 1.63 bits per heavy atom. The van der Waals surface area contributed by atoms with Crippen LogP contribution in [0, 0.1) is 6.92 Å². The number of likely N-dealkylation sites (tertiary alicyclic amines) is 1. The molecule has 1 atom stereocenters. The molecule has 10 nitrogen and oxygen atoms in total. The zero-order valence-corrected chi connectivity index (χ0v) is 22.5. The lowest BCUT2D eigenvalue weighted by molar-refractivity contribution is -0.141. The first kappa shape index (κ1) is 29.2. The number of nitrogens with one attached hydrogen (secondary N) is 1. The molecule has 1 aliphatic heterocycles. The Hall–Kier alpha value is -5.33. The summed E-state index contributed by atoms with van der Waals surface area (Å²) < 4.78 is 39.7. The second kappa shape index (κ2) is 11.2. The summed E-state index contributed by atoms with van der Waals surface area (Å²) in [4.78, 5) is 59.0. The normalized spacial score (nSPS) is 15.0. The van der Waals surface area contributed by atoms with Gasteiger partial charge in [-0.2, -0.15) is 13.2 Å². The first-order valence-corrected chi connectivity index (χ1v) is 13.0. The highest BCUT2D eigenvalue weighted by Crippen LogP contribution is 2.32. The number of hydrogen-bond acceptors (Lipinski definition) is 7. The van der Waals surface area contributed by atoms with Gasteiger partial charge in [0.05, 0.1) is 16.6 Å². The first-order chi connectivity index (χ1) is 20.3. The van der Waals surface area contributed by atoms with Crippen molar-refractivity contribution in [2.45, 2.75) is 32.0 Å². The van der Waals surface area contributed by atoms with Gasteiger partial charge in [-0.1, -0.05) is 24.3 Å². The molecule has 1 aromatic heterocycles. The first-order valence-electron chi connectivity index (χ1n) is 13.0. The standard InChI is InChI=1S/C30H23F3N4O6/c1-15-19(25(38)16-7-9-17(10-8-16)27(39)37-13-3-6-23(37)28(40)41)4-2-5-20(15)35-26-24(29(42)43)34-21-12-11-18(30(31,32)33)14-22(21)36-26/h2,4-5,7-12,14,23H,3,6,13H2,1H3,(H,35,36)(H,40,41)(H,42,43). The van der Waals surface area contributed by atoms with E-state index in [9.17, 15) is 42.6 Å². The average Bonchev–Trinajstić information content (AvgIpc) is 3.47. The summed E-state index contributed by atoms with van der Waals surface area (Å²) in [6, 6.07) is 12.1. The molecule has 1 amide bonds. The van der Waals surface area contributed by atoms with Crippen LogP contribution in [0.4, 0.5) is 24.7 Å². The van der Waals surface area contributed by atoms with Crippen molar-refractivity contribution in [2.75, 3.05) is 11.9 Å². The van der Waals surface area contributed by atoms with Crippen LogP contribution in [-0.4, -0.2) is 61.3 Å². The molecular formula is C30H23F3N4O6. The number of fused-ring (bicyclic) bond motifs is 1. The van der Waals surface area contributed by atoms with E-state index in [0.29, 0.717) is 24.9 Å². The largest absolute Gasteiger partial charge is 0.480 e. The number of aromatic nitrogens is 2. The van der Waals surface area contributed by atoms with Gasteiger partial charge in [0, 0.05) is 28.9 Å². The molecule has 5 rings (SSSR count). The highest BCUT2D eigenvalue weighted by Gasteiger charge is 2.34. The fraction of sp³-hybridized carbons (Fsp3) is 0.200. The predicted molar refractivity (Wildman–Crippen MR) is 148 cm³/mol. The zero-order valence-electron chi connectivity index (χ0n) is 22.5. The van der Waals surface area contributed by atoms with Crippen LogP contribution in [0.2, 0.25) is 0 Å². The molecule has 1 unspecified atom stereocenters. The third-order valence-electron chi connectivity index (χ3n) is 7.22. The van der Waals surface area contributed by atoms with Crippen LogP contribution in [0.15, 0.2) is 60.7 Å². The maximum atomic E-state index is 13.4. The number of amides is 1. The predicted octanol–water partition coefficient (Wildman–Crippen LogP) is 5.32. The summed E-state index contributed by atoms with van der Waals surface area (Å²) in [5.74, 6) is -3.70. The van der Waals surface area contributed by atoms with Crippen molar-refractivity contribution in [1.29, 1.82) is 0 Å². The Labute approximate surface area is 241 Å². The van der Waals surface area contributed by atoms with Crippen molar-refractivity contribution in [1.82, 2.24) is 14.9 Å². The number of benzene rings is 3. The van der Waals surface area contributed by atoms with E-state index in [4.69, 9.17) is 0 Å². The summed E-state index contributed by atoms with van der Waals surface area (Å²) >= 11 is 0. The highest BCUT2D eigenvalue weighted by molar-refractivity contribution is 6.11. The van der Waals surface area contributed by atoms with Gasteiger partial charge in [0.1, 0.15) is 6.04 Å². The SMILES string of the molecule is Cc1c(Nc2nc3cc(C(F)(F)F)ccc3nc2C(=O)O)cccc1C(=O)c1ccc(C(=O)N2CCCC2C(=O)O)cc1. The molecule has 1 saturated heterocycles. The second-order valence-electron chi connectivity index (χ2n) is 9.93. The molecule has 220 valence electrons. The molecule has 1 fully saturated rings.